The number of carbonyl (C=O) groups is 1. The zero-order valence-corrected chi connectivity index (χ0v) is 13.5. The molecule has 1 fully saturated rings. The van der Waals surface area contributed by atoms with E-state index in [9.17, 15) is 4.79 Å². The van der Waals surface area contributed by atoms with Crippen LogP contribution in [0.4, 0.5) is 0 Å². The van der Waals surface area contributed by atoms with Gasteiger partial charge in [0.1, 0.15) is 5.69 Å². The maximum atomic E-state index is 12.7. The van der Waals surface area contributed by atoms with Gasteiger partial charge < -0.3 is 10.2 Å². The lowest BCUT2D eigenvalue weighted by Crippen LogP contribution is -2.33. The van der Waals surface area contributed by atoms with Crippen LogP contribution in [0.15, 0.2) is 36.7 Å². The first kappa shape index (κ1) is 15.7. The minimum absolute atomic E-state index is 0.0410. The van der Waals surface area contributed by atoms with Crippen molar-refractivity contribution in [3.05, 3.63) is 48.0 Å². The maximum Gasteiger partial charge on any atom is 0.274 e. The van der Waals surface area contributed by atoms with Crippen LogP contribution in [0.3, 0.4) is 0 Å². The summed E-state index contributed by atoms with van der Waals surface area (Å²) in [5.74, 6) is -0.0410. The summed E-state index contributed by atoms with van der Waals surface area (Å²) in [4.78, 5) is 18.7. The number of hydrogen-bond donors (Lipinski definition) is 1. The number of nitrogens with zero attached hydrogens (tertiary/aromatic N) is 4. The van der Waals surface area contributed by atoms with Crippen LogP contribution < -0.4 is 5.32 Å². The molecule has 0 bridgehead atoms. The van der Waals surface area contributed by atoms with E-state index in [1.54, 1.807) is 11.1 Å². The standard InChI is InChI=1S/C17H23N5O/c1-2-21(13-14-6-3-4-10-19-14)17(23)16-8-11-22(20-16)15-7-5-9-18-12-15/h3-4,6,8,10-11,15,18H,2,5,7,9,12-13H2,1H3. The number of amides is 1. The first-order valence-electron chi connectivity index (χ1n) is 8.23. The van der Waals surface area contributed by atoms with Crippen molar-refractivity contribution in [1.82, 2.24) is 25.0 Å². The van der Waals surface area contributed by atoms with Gasteiger partial charge in [0.05, 0.1) is 18.3 Å². The van der Waals surface area contributed by atoms with Gasteiger partial charge in [-0.25, -0.2) is 0 Å². The van der Waals surface area contributed by atoms with Crippen molar-refractivity contribution in [2.24, 2.45) is 0 Å². The van der Waals surface area contributed by atoms with Crippen LogP contribution in [-0.4, -0.2) is 45.2 Å². The number of rotatable bonds is 5. The molecule has 2 aromatic rings. The SMILES string of the molecule is CCN(Cc1ccccn1)C(=O)c1ccn(C2CCCNC2)n1. The van der Waals surface area contributed by atoms with Crippen molar-refractivity contribution in [3.63, 3.8) is 0 Å². The summed E-state index contributed by atoms with van der Waals surface area (Å²) in [6.07, 6.45) is 5.92. The molecule has 1 saturated heterocycles. The molecule has 3 heterocycles. The predicted octanol–water partition coefficient (Wildman–Crippen LogP) is 1.86. The summed E-state index contributed by atoms with van der Waals surface area (Å²) >= 11 is 0. The van der Waals surface area contributed by atoms with Crippen molar-refractivity contribution < 1.29 is 4.79 Å². The highest BCUT2D eigenvalue weighted by Gasteiger charge is 2.20. The van der Waals surface area contributed by atoms with Crippen molar-refractivity contribution in [2.45, 2.75) is 32.4 Å². The number of hydrogen-bond acceptors (Lipinski definition) is 4. The van der Waals surface area contributed by atoms with E-state index in [1.165, 1.54) is 0 Å². The van der Waals surface area contributed by atoms with Gasteiger partial charge in [-0.05, 0) is 44.5 Å². The van der Waals surface area contributed by atoms with E-state index >= 15 is 0 Å². The molecule has 6 nitrogen and oxygen atoms in total. The average molecular weight is 313 g/mol. The van der Waals surface area contributed by atoms with Gasteiger partial charge in [-0.3, -0.25) is 14.5 Å². The maximum absolute atomic E-state index is 12.7. The summed E-state index contributed by atoms with van der Waals surface area (Å²) < 4.78 is 1.92. The molecule has 0 radical (unpaired) electrons. The Morgan fingerprint density at radius 2 is 2.35 bits per heavy atom. The highest BCUT2D eigenvalue weighted by atomic mass is 16.2. The lowest BCUT2D eigenvalue weighted by molar-refractivity contribution is 0.0743. The van der Waals surface area contributed by atoms with Gasteiger partial charge in [-0.1, -0.05) is 6.07 Å². The topological polar surface area (TPSA) is 63.1 Å². The molecule has 122 valence electrons. The third-order valence-corrected chi connectivity index (χ3v) is 4.22. The van der Waals surface area contributed by atoms with Crippen LogP contribution in [0.5, 0.6) is 0 Å². The second-order valence-electron chi connectivity index (χ2n) is 5.82. The van der Waals surface area contributed by atoms with Gasteiger partial charge in [-0.2, -0.15) is 5.10 Å². The van der Waals surface area contributed by atoms with E-state index in [0.29, 0.717) is 24.8 Å². The summed E-state index contributed by atoms with van der Waals surface area (Å²) in [6, 6.07) is 7.91. The Morgan fingerprint density at radius 3 is 3.04 bits per heavy atom. The lowest BCUT2D eigenvalue weighted by Gasteiger charge is -2.23. The molecule has 1 aliphatic rings. The normalized spacial score (nSPS) is 17.9. The van der Waals surface area contributed by atoms with E-state index in [-0.39, 0.29) is 5.91 Å². The Balaban J connectivity index is 1.69. The van der Waals surface area contributed by atoms with Gasteiger partial charge in [0, 0.05) is 25.5 Å². The molecule has 1 atom stereocenters. The first-order chi connectivity index (χ1) is 11.3. The van der Waals surface area contributed by atoms with Crippen LogP contribution in [0.2, 0.25) is 0 Å². The van der Waals surface area contributed by atoms with E-state index in [2.05, 4.69) is 15.4 Å². The Hall–Kier alpha value is -2.21. The Labute approximate surface area is 136 Å². The molecule has 0 saturated carbocycles. The van der Waals surface area contributed by atoms with E-state index < -0.39 is 0 Å². The third kappa shape index (κ3) is 3.76. The second-order valence-corrected chi connectivity index (χ2v) is 5.82. The minimum atomic E-state index is -0.0410. The molecular weight excluding hydrogens is 290 g/mol. The molecule has 0 spiro atoms. The largest absolute Gasteiger partial charge is 0.332 e. The lowest BCUT2D eigenvalue weighted by atomic mass is 10.1. The smallest absolute Gasteiger partial charge is 0.274 e. The molecule has 1 aliphatic heterocycles. The average Bonchev–Trinajstić information content (AvgIpc) is 3.11. The number of pyridine rings is 1. The van der Waals surface area contributed by atoms with Crippen molar-refractivity contribution >= 4 is 5.91 Å². The molecule has 1 N–H and O–H groups in total. The molecule has 2 aromatic heterocycles. The highest BCUT2D eigenvalue weighted by molar-refractivity contribution is 5.92. The van der Waals surface area contributed by atoms with Crippen LogP contribution >= 0.6 is 0 Å². The molecule has 23 heavy (non-hydrogen) atoms. The molecule has 6 heteroatoms. The Bertz CT molecular complexity index is 633. The number of aromatic nitrogens is 3. The van der Waals surface area contributed by atoms with E-state index in [4.69, 9.17) is 0 Å². The fraction of sp³-hybridized carbons (Fsp3) is 0.471. The number of piperidine rings is 1. The van der Waals surface area contributed by atoms with Crippen LogP contribution in [0.1, 0.15) is 42.0 Å². The molecule has 1 amide bonds. The quantitative estimate of drug-likeness (QED) is 0.915. The summed E-state index contributed by atoms with van der Waals surface area (Å²) in [5, 5.41) is 7.88. The summed E-state index contributed by atoms with van der Waals surface area (Å²) in [5.41, 5.74) is 1.40. The van der Waals surface area contributed by atoms with Gasteiger partial charge in [0.15, 0.2) is 0 Å². The van der Waals surface area contributed by atoms with Crippen molar-refractivity contribution in [3.8, 4) is 0 Å². The molecule has 1 unspecified atom stereocenters. The fourth-order valence-corrected chi connectivity index (χ4v) is 2.89. The van der Waals surface area contributed by atoms with E-state index in [1.807, 2.05) is 42.1 Å². The second kappa shape index (κ2) is 7.37. The van der Waals surface area contributed by atoms with Gasteiger partial charge >= 0.3 is 0 Å². The summed E-state index contributed by atoms with van der Waals surface area (Å²) in [6.45, 7) is 5.10. The van der Waals surface area contributed by atoms with E-state index in [0.717, 1.165) is 31.6 Å². The monoisotopic (exact) mass is 313 g/mol. The number of carbonyl (C=O) groups excluding carboxylic acids is 1. The molecule has 0 aliphatic carbocycles. The highest BCUT2D eigenvalue weighted by Crippen LogP contribution is 2.16. The van der Waals surface area contributed by atoms with Crippen LogP contribution in [0.25, 0.3) is 0 Å². The van der Waals surface area contributed by atoms with Crippen LogP contribution in [-0.2, 0) is 6.54 Å². The van der Waals surface area contributed by atoms with Crippen LogP contribution in [0, 0.1) is 0 Å². The zero-order valence-electron chi connectivity index (χ0n) is 13.5. The number of nitrogens with one attached hydrogen (secondary N) is 1. The third-order valence-electron chi connectivity index (χ3n) is 4.22. The van der Waals surface area contributed by atoms with Gasteiger partial charge in [-0.15, -0.1) is 0 Å². The molecular formula is C17H23N5O. The van der Waals surface area contributed by atoms with Crippen molar-refractivity contribution in [2.75, 3.05) is 19.6 Å². The van der Waals surface area contributed by atoms with Gasteiger partial charge in [0.25, 0.3) is 5.91 Å². The first-order valence-corrected chi connectivity index (χ1v) is 8.23. The molecule has 0 aromatic carbocycles. The minimum Gasteiger partial charge on any atom is -0.332 e. The zero-order chi connectivity index (χ0) is 16.1. The fourth-order valence-electron chi connectivity index (χ4n) is 2.89. The predicted molar refractivity (Wildman–Crippen MR) is 88.0 cm³/mol. The van der Waals surface area contributed by atoms with Crippen molar-refractivity contribution in [1.29, 1.82) is 0 Å². The Kier molecular flexibility index (Phi) is 5.02. The Morgan fingerprint density at radius 1 is 1.43 bits per heavy atom. The molecule has 3 rings (SSSR count). The van der Waals surface area contributed by atoms with Gasteiger partial charge in [0.2, 0.25) is 0 Å². The summed E-state index contributed by atoms with van der Waals surface area (Å²) in [7, 11) is 0.